The number of nitrogens with one attached hydrogen (secondary N) is 1. The van der Waals surface area contributed by atoms with Crippen LogP contribution in [0.3, 0.4) is 0 Å². The summed E-state index contributed by atoms with van der Waals surface area (Å²) in [6.45, 7) is 3.97. The van der Waals surface area contributed by atoms with Crippen molar-refractivity contribution in [3.8, 4) is 0 Å². The molecule has 0 unspecified atom stereocenters. The highest BCUT2D eigenvalue weighted by molar-refractivity contribution is 6.03. The second-order valence-corrected chi connectivity index (χ2v) is 6.07. The van der Waals surface area contributed by atoms with E-state index in [-0.39, 0.29) is 5.91 Å². The third kappa shape index (κ3) is 3.86. The summed E-state index contributed by atoms with van der Waals surface area (Å²) in [5.41, 5.74) is 5.34. The summed E-state index contributed by atoms with van der Waals surface area (Å²) in [6, 6.07) is 19.7. The first-order chi connectivity index (χ1) is 12.0. The fraction of sp³-hybridized carbons (Fsp3) is 0.143. The smallest absolute Gasteiger partial charge is 0.274 e. The Morgan fingerprint density at radius 1 is 0.960 bits per heavy atom. The van der Waals surface area contributed by atoms with E-state index in [1.807, 2.05) is 80.4 Å². The summed E-state index contributed by atoms with van der Waals surface area (Å²) in [6.07, 6.45) is 1.71. The van der Waals surface area contributed by atoms with Crippen molar-refractivity contribution >= 4 is 23.0 Å². The zero-order chi connectivity index (χ0) is 17.8. The van der Waals surface area contributed by atoms with Gasteiger partial charge in [0.25, 0.3) is 5.91 Å². The molecule has 0 atom stereocenters. The average Bonchev–Trinajstić information content (AvgIpc) is 2.65. The molecule has 0 aliphatic heterocycles. The van der Waals surface area contributed by atoms with Gasteiger partial charge in [-0.2, -0.15) is 0 Å². The highest BCUT2D eigenvalue weighted by Gasteiger charge is 2.11. The Bertz CT molecular complexity index is 873. The van der Waals surface area contributed by atoms with Gasteiger partial charge < -0.3 is 10.2 Å². The number of carbonyl (C=O) groups excluding carboxylic acids is 1. The van der Waals surface area contributed by atoms with Crippen LogP contribution >= 0.6 is 0 Å². The number of hydrogen-bond donors (Lipinski definition) is 1. The van der Waals surface area contributed by atoms with Gasteiger partial charge >= 0.3 is 0 Å². The van der Waals surface area contributed by atoms with E-state index in [2.05, 4.69) is 10.3 Å². The Labute approximate surface area is 148 Å². The third-order valence-corrected chi connectivity index (χ3v) is 4.15. The Morgan fingerprint density at radius 3 is 2.40 bits per heavy atom. The van der Waals surface area contributed by atoms with Crippen LogP contribution in [0.15, 0.2) is 66.9 Å². The number of amides is 1. The maximum absolute atomic E-state index is 12.4. The molecule has 25 heavy (non-hydrogen) atoms. The molecule has 1 heterocycles. The average molecular weight is 331 g/mol. The minimum absolute atomic E-state index is 0.206. The number of benzene rings is 2. The number of anilines is 3. The van der Waals surface area contributed by atoms with E-state index in [1.165, 1.54) is 0 Å². The Morgan fingerprint density at radius 2 is 1.72 bits per heavy atom. The first kappa shape index (κ1) is 16.7. The molecule has 0 spiro atoms. The van der Waals surface area contributed by atoms with Crippen molar-refractivity contribution < 1.29 is 4.79 Å². The maximum atomic E-state index is 12.4. The predicted octanol–water partition coefficient (Wildman–Crippen LogP) is 4.72. The molecule has 4 nitrogen and oxygen atoms in total. The van der Waals surface area contributed by atoms with Crippen molar-refractivity contribution in [2.75, 3.05) is 17.3 Å². The van der Waals surface area contributed by atoms with Gasteiger partial charge in [0, 0.05) is 18.4 Å². The Balaban J connectivity index is 1.76. The number of rotatable bonds is 4. The molecule has 0 bridgehead atoms. The largest absolute Gasteiger partial charge is 0.343 e. The number of para-hydroxylation sites is 1. The van der Waals surface area contributed by atoms with E-state index in [1.54, 1.807) is 12.3 Å². The quantitative estimate of drug-likeness (QED) is 0.752. The molecule has 0 fully saturated rings. The van der Waals surface area contributed by atoms with Crippen molar-refractivity contribution in [1.82, 2.24) is 4.98 Å². The van der Waals surface area contributed by atoms with Crippen LogP contribution in [0.4, 0.5) is 17.1 Å². The second-order valence-electron chi connectivity index (χ2n) is 6.07. The van der Waals surface area contributed by atoms with Crippen molar-refractivity contribution in [1.29, 1.82) is 0 Å². The number of pyridine rings is 1. The fourth-order valence-electron chi connectivity index (χ4n) is 2.58. The minimum atomic E-state index is -0.206. The number of nitrogens with zero attached hydrogens (tertiary/aromatic N) is 2. The van der Waals surface area contributed by atoms with Crippen LogP contribution in [0.5, 0.6) is 0 Å². The van der Waals surface area contributed by atoms with E-state index >= 15 is 0 Å². The topological polar surface area (TPSA) is 45.2 Å². The van der Waals surface area contributed by atoms with Crippen LogP contribution in [0, 0.1) is 13.8 Å². The molecule has 0 aliphatic carbocycles. The fourth-order valence-corrected chi connectivity index (χ4v) is 2.58. The second kappa shape index (κ2) is 7.18. The van der Waals surface area contributed by atoms with Crippen LogP contribution in [0.2, 0.25) is 0 Å². The molecule has 1 N–H and O–H groups in total. The van der Waals surface area contributed by atoms with Gasteiger partial charge in [0.05, 0.1) is 11.9 Å². The molecule has 0 radical (unpaired) electrons. The zero-order valence-electron chi connectivity index (χ0n) is 14.7. The lowest BCUT2D eigenvalue weighted by Crippen LogP contribution is -2.15. The van der Waals surface area contributed by atoms with Crippen LogP contribution < -0.4 is 10.2 Å². The highest BCUT2D eigenvalue weighted by atomic mass is 16.1. The molecule has 126 valence electrons. The molecule has 2 aromatic carbocycles. The SMILES string of the molecule is Cc1ccc(C)c(NC(=O)c2ccc(N(C)c3ccccc3)cn2)c1. The van der Waals surface area contributed by atoms with Crippen LogP contribution in [-0.4, -0.2) is 17.9 Å². The van der Waals surface area contributed by atoms with Crippen molar-refractivity contribution in [3.63, 3.8) is 0 Å². The highest BCUT2D eigenvalue weighted by Crippen LogP contribution is 2.22. The van der Waals surface area contributed by atoms with E-state index in [9.17, 15) is 4.79 Å². The van der Waals surface area contributed by atoms with Crippen molar-refractivity contribution in [2.45, 2.75) is 13.8 Å². The first-order valence-corrected chi connectivity index (χ1v) is 8.18. The van der Waals surface area contributed by atoms with E-state index in [0.717, 1.165) is 28.2 Å². The van der Waals surface area contributed by atoms with Gasteiger partial charge in [-0.25, -0.2) is 4.98 Å². The number of carbonyl (C=O) groups is 1. The number of aromatic nitrogens is 1. The van der Waals surface area contributed by atoms with Gasteiger partial charge in [-0.05, 0) is 55.3 Å². The lowest BCUT2D eigenvalue weighted by Gasteiger charge is -2.19. The normalized spacial score (nSPS) is 10.4. The Hall–Kier alpha value is -3.14. The molecular formula is C21H21N3O. The summed E-state index contributed by atoms with van der Waals surface area (Å²) >= 11 is 0. The van der Waals surface area contributed by atoms with E-state index in [0.29, 0.717) is 5.69 Å². The molecule has 3 rings (SSSR count). The summed E-state index contributed by atoms with van der Waals surface area (Å²) in [4.78, 5) is 18.8. The third-order valence-electron chi connectivity index (χ3n) is 4.15. The summed E-state index contributed by atoms with van der Waals surface area (Å²) in [5.74, 6) is -0.206. The van der Waals surface area contributed by atoms with E-state index < -0.39 is 0 Å². The zero-order valence-corrected chi connectivity index (χ0v) is 14.7. The standard InChI is InChI=1S/C21H21N3O/c1-15-9-10-16(2)20(13-15)23-21(25)19-12-11-18(14-22-19)24(3)17-7-5-4-6-8-17/h4-14H,1-3H3,(H,23,25). The molecule has 4 heteroatoms. The van der Waals surface area contributed by atoms with Crippen LogP contribution in [0.25, 0.3) is 0 Å². The van der Waals surface area contributed by atoms with Gasteiger partial charge in [-0.3, -0.25) is 4.79 Å². The molecule has 1 amide bonds. The number of aryl methyl sites for hydroxylation is 2. The Kier molecular flexibility index (Phi) is 4.80. The van der Waals surface area contributed by atoms with Crippen LogP contribution in [-0.2, 0) is 0 Å². The first-order valence-electron chi connectivity index (χ1n) is 8.18. The molecule has 0 saturated heterocycles. The van der Waals surface area contributed by atoms with Gasteiger partial charge in [-0.1, -0.05) is 30.3 Å². The molecule has 0 saturated carbocycles. The summed E-state index contributed by atoms with van der Waals surface area (Å²) in [7, 11) is 1.97. The minimum Gasteiger partial charge on any atom is -0.343 e. The van der Waals surface area contributed by atoms with Crippen LogP contribution in [0.1, 0.15) is 21.6 Å². The maximum Gasteiger partial charge on any atom is 0.274 e. The van der Waals surface area contributed by atoms with Gasteiger partial charge in [0.2, 0.25) is 0 Å². The molecule has 1 aromatic heterocycles. The van der Waals surface area contributed by atoms with E-state index in [4.69, 9.17) is 0 Å². The van der Waals surface area contributed by atoms with Gasteiger partial charge in [-0.15, -0.1) is 0 Å². The monoisotopic (exact) mass is 331 g/mol. The molecule has 0 aliphatic rings. The summed E-state index contributed by atoms with van der Waals surface area (Å²) < 4.78 is 0. The van der Waals surface area contributed by atoms with Crippen molar-refractivity contribution in [3.05, 3.63) is 83.7 Å². The lowest BCUT2D eigenvalue weighted by molar-refractivity contribution is 0.102. The predicted molar refractivity (Wildman–Crippen MR) is 103 cm³/mol. The van der Waals surface area contributed by atoms with Gasteiger partial charge in [0.15, 0.2) is 0 Å². The van der Waals surface area contributed by atoms with Crippen molar-refractivity contribution in [2.24, 2.45) is 0 Å². The lowest BCUT2D eigenvalue weighted by atomic mass is 10.1. The number of hydrogen-bond acceptors (Lipinski definition) is 3. The molecular weight excluding hydrogens is 310 g/mol. The van der Waals surface area contributed by atoms with Gasteiger partial charge in [0.1, 0.15) is 5.69 Å². The summed E-state index contributed by atoms with van der Waals surface area (Å²) in [5, 5.41) is 2.93. The molecule has 3 aromatic rings.